The maximum Gasteiger partial charge on any atom is 0.255 e. The minimum atomic E-state index is -0.169. The van der Waals surface area contributed by atoms with Crippen LogP contribution >= 0.6 is 0 Å². The molecule has 1 heterocycles. The van der Waals surface area contributed by atoms with Gasteiger partial charge in [0, 0.05) is 12.7 Å². The lowest BCUT2D eigenvalue weighted by molar-refractivity contribution is 0.0938. The third kappa shape index (κ3) is 4.13. The van der Waals surface area contributed by atoms with Gasteiger partial charge in [-0.05, 0) is 37.5 Å². The Bertz CT molecular complexity index is 738. The van der Waals surface area contributed by atoms with E-state index in [1.807, 2.05) is 52.1 Å². The molecule has 6 nitrogen and oxygen atoms in total. The molecule has 0 aliphatic rings. The Morgan fingerprint density at radius 2 is 1.88 bits per heavy atom. The van der Waals surface area contributed by atoms with E-state index in [9.17, 15) is 4.79 Å². The fourth-order valence-electron chi connectivity index (χ4n) is 2.68. The summed E-state index contributed by atoms with van der Waals surface area (Å²) in [7, 11) is 3.19. The minimum Gasteiger partial charge on any atom is -0.493 e. The first kappa shape index (κ1) is 18.8. The molecule has 25 heavy (non-hydrogen) atoms. The third-order valence-electron chi connectivity index (χ3n) is 4.16. The van der Waals surface area contributed by atoms with E-state index >= 15 is 0 Å². The summed E-state index contributed by atoms with van der Waals surface area (Å²) in [6.45, 7) is 8.76. The van der Waals surface area contributed by atoms with Crippen LogP contribution in [0.5, 0.6) is 11.5 Å². The molecule has 0 aliphatic carbocycles. The second-order valence-corrected chi connectivity index (χ2v) is 6.25. The third-order valence-corrected chi connectivity index (χ3v) is 4.16. The van der Waals surface area contributed by atoms with E-state index in [4.69, 9.17) is 9.47 Å². The quantitative estimate of drug-likeness (QED) is 0.834. The first-order chi connectivity index (χ1) is 11.9. The van der Waals surface area contributed by atoms with Gasteiger partial charge >= 0.3 is 0 Å². The summed E-state index contributed by atoms with van der Waals surface area (Å²) in [5.41, 5.74) is 2.39. The van der Waals surface area contributed by atoms with Crippen LogP contribution in [-0.2, 0) is 6.54 Å². The van der Waals surface area contributed by atoms with E-state index in [0.717, 1.165) is 17.8 Å². The Balaban J connectivity index is 2.22. The van der Waals surface area contributed by atoms with E-state index < -0.39 is 0 Å². The summed E-state index contributed by atoms with van der Waals surface area (Å²) in [5.74, 6) is 1.37. The van der Waals surface area contributed by atoms with Crippen LogP contribution in [0.2, 0.25) is 0 Å². The van der Waals surface area contributed by atoms with Gasteiger partial charge in [-0.2, -0.15) is 5.10 Å². The molecule has 1 atom stereocenters. The normalized spacial score (nSPS) is 12.1. The molecule has 1 N–H and O–H groups in total. The van der Waals surface area contributed by atoms with Gasteiger partial charge in [-0.15, -0.1) is 0 Å². The number of amides is 1. The van der Waals surface area contributed by atoms with Crippen LogP contribution in [0, 0.1) is 0 Å². The van der Waals surface area contributed by atoms with E-state index in [1.165, 1.54) is 0 Å². The van der Waals surface area contributed by atoms with Gasteiger partial charge in [-0.1, -0.05) is 19.9 Å². The molecule has 136 valence electrons. The van der Waals surface area contributed by atoms with Crippen molar-refractivity contribution in [1.29, 1.82) is 0 Å². The second kappa shape index (κ2) is 8.05. The highest BCUT2D eigenvalue weighted by atomic mass is 16.5. The minimum absolute atomic E-state index is 0.120. The summed E-state index contributed by atoms with van der Waals surface area (Å²) in [5, 5.41) is 7.54. The van der Waals surface area contributed by atoms with Gasteiger partial charge in [0.1, 0.15) is 0 Å². The van der Waals surface area contributed by atoms with Crippen LogP contribution in [0.4, 0.5) is 0 Å². The number of carbonyl (C=O) groups excluding carboxylic acids is 1. The molecule has 0 spiro atoms. The molecule has 0 fully saturated rings. The zero-order chi connectivity index (χ0) is 18.6. The molecule has 0 radical (unpaired) electrons. The highest BCUT2D eigenvalue weighted by Crippen LogP contribution is 2.30. The topological polar surface area (TPSA) is 65.4 Å². The Kier molecular flexibility index (Phi) is 6.07. The summed E-state index contributed by atoms with van der Waals surface area (Å²) < 4.78 is 12.4. The second-order valence-electron chi connectivity index (χ2n) is 6.25. The SMILES string of the molecule is CCn1cc(C(=O)NC(C)c2ccc(OC)c(OC)c2)c(C(C)C)n1. The fourth-order valence-corrected chi connectivity index (χ4v) is 2.68. The van der Waals surface area contributed by atoms with Gasteiger partial charge in [0.2, 0.25) is 0 Å². The molecule has 1 unspecified atom stereocenters. The highest BCUT2D eigenvalue weighted by Gasteiger charge is 2.20. The van der Waals surface area contributed by atoms with Gasteiger partial charge in [-0.3, -0.25) is 9.48 Å². The van der Waals surface area contributed by atoms with Crippen molar-refractivity contribution in [2.24, 2.45) is 0 Å². The molecule has 2 rings (SSSR count). The number of rotatable bonds is 7. The molecular weight excluding hydrogens is 318 g/mol. The fraction of sp³-hybridized carbons (Fsp3) is 0.474. The molecule has 1 aromatic heterocycles. The van der Waals surface area contributed by atoms with Gasteiger partial charge in [0.15, 0.2) is 11.5 Å². The molecule has 0 aliphatic heterocycles. The summed E-state index contributed by atoms with van der Waals surface area (Å²) >= 11 is 0. The predicted octanol–water partition coefficient (Wildman–Crippen LogP) is 3.53. The van der Waals surface area contributed by atoms with Gasteiger partial charge in [0.05, 0.1) is 31.5 Å². The van der Waals surface area contributed by atoms with Gasteiger partial charge in [-0.25, -0.2) is 0 Å². The highest BCUT2D eigenvalue weighted by molar-refractivity contribution is 5.95. The van der Waals surface area contributed by atoms with Crippen molar-refractivity contribution in [1.82, 2.24) is 15.1 Å². The van der Waals surface area contributed by atoms with E-state index in [1.54, 1.807) is 18.9 Å². The van der Waals surface area contributed by atoms with Crippen molar-refractivity contribution in [2.75, 3.05) is 14.2 Å². The van der Waals surface area contributed by atoms with E-state index in [-0.39, 0.29) is 17.9 Å². The predicted molar refractivity (Wildman–Crippen MR) is 97.4 cm³/mol. The van der Waals surface area contributed by atoms with Crippen LogP contribution in [0.25, 0.3) is 0 Å². The Morgan fingerprint density at radius 1 is 1.20 bits per heavy atom. The molecule has 2 aromatic rings. The van der Waals surface area contributed by atoms with Crippen LogP contribution in [0.1, 0.15) is 61.3 Å². The standard InChI is InChI=1S/C19H27N3O3/c1-7-22-11-15(18(21-22)12(2)3)19(23)20-13(4)14-8-9-16(24-5)17(10-14)25-6/h8-13H,7H2,1-6H3,(H,20,23). The maximum atomic E-state index is 12.7. The number of benzene rings is 1. The number of hydrogen-bond donors (Lipinski definition) is 1. The van der Waals surface area contributed by atoms with Crippen LogP contribution in [-0.4, -0.2) is 29.9 Å². The first-order valence-corrected chi connectivity index (χ1v) is 8.51. The monoisotopic (exact) mass is 345 g/mol. The largest absolute Gasteiger partial charge is 0.493 e. The molecule has 6 heteroatoms. The number of ether oxygens (including phenoxy) is 2. The van der Waals surface area contributed by atoms with Crippen molar-refractivity contribution >= 4 is 5.91 Å². The first-order valence-electron chi connectivity index (χ1n) is 8.51. The van der Waals surface area contributed by atoms with Crippen molar-refractivity contribution in [3.63, 3.8) is 0 Å². The molecule has 1 aromatic carbocycles. The van der Waals surface area contributed by atoms with Crippen molar-refractivity contribution < 1.29 is 14.3 Å². The zero-order valence-corrected chi connectivity index (χ0v) is 15.8. The summed E-state index contributed by atoms with van der Waals surface area (Å²) in [4.78, 5) is 12.7. The molecule has 0 saturated heterocycles. The van der Waals surface area contributed by atoms with Crippen LogP contribution < -0.4 is 14.8 Å². The number of nitrogens with one attached hydrogen (secondary N) is 1. The Morgan fingerprint density at radius 3 is 2.44 bits per heavy atom. The number of aryl methyl sites for hydroxylation is 1. The van der Waals surface area contributed by atoms with Gasteiger partial charge in [0.25, 0.3) is 5.91 Å². The maximum absolute atomic E-state index is 12.7. The molecule has 0 bridgehead atoms. The van der Waals surface area contributed by atoms with Crippen LogP contribution in [0.3, 0.4) is 0 Å². The Hall–Kier alpha value is -2.50. The van der Waals surface area contributed by atoms with E-state index in [0.29, 0.717) is 17.1 Å². The lowest BCUT2D eigenvalue weighted by Crippen LogP contribution is -2.27. The van der Waals surface area contributed by atoms with E-state index in [2.05, 4.69) is 10.4 Å². The number of hydrogen-bond acceptors (Lipinski definition) is 4. The average molecular weight is 345 g/mol. The summed E-state index contributed by atoms with van der Waals surface area (Å²) in [6, 6.07) is 5.47. The summed E-state index contributed by atoms with van der Waals surface area (Å²) in [6.07, 6.45) is 1.81. The van der Waals surface area contributed by atoms with Crippen LogP contribution in [0.15, 0.2) is 24.4 Å². The van der Waals surface area contributed by atoms with Crippen molar-refractivity contribution in [2.45, 2.75) is 46.2 Å². The average Bonchev–Trinajstić information content (AvgIpc) is 3.05. The lowest BCUT2D eigenvalue weighted by Gasteiger charge is -2.17. The molecule has 0 saturated carbocycles. The number of aromatic nitrogens is 2. The number of nitrogens with zero attached hydrogens (tertiary/aromatic N) is 2. The van der Waals surface area contributed by atoms with Gasteiger partial charge < -0.3 is 14.8 Å². The molecule has 1 amide bonds. The number of methoxy groups -OCH3 is 2. The zero-order valence-electron chi connectivity index (χ0n) is 15.8. The van der Waals surface area contributed by atoms with Crippen molar-refractivity contribution in [3.8, 4) is 11.5 Å². The lowest BCUT2D eigenvalue weighted by atomic mass is 10.0. The number of carbonyl (C=O) groups is 1. The molecular formula is C19H27N3O3. The van der Waals surface area contributed by atoms with Crippen molar-refractivity contribution in [3.05, 3.63) is 41.2 Å². The Labute approximate surface area is 149 Å². The smallest absolute Gasteiger partial charge is 0.255 e.